The van der Waals surface area contributed by atoms with Crippen LogP contribution in [0.4, 0.5) is 11.4 Å². The third kappa shape index (κ3) is 5.09. The van der Waals surface area contributed by atoms with Crippen molar-refractivity contribution >= 4 is 41.7 Å². The molecule has 1 aliphatic heterocycles. The summed E-state index contributed by atoms with van der Waals surface area (Å²) in [6.45, 7) is 2.08. The van der Waals surface area contributed by atoms with E-state index in [0.29, 0.717) is 55.7 Å². The third-order valence-electron chi connectivity index (χ3n) is 7.73. The summed E-state index contributed by atoms with van der Waals surface area (Å²) in [7, 11) is 7.19. The molecule has 0 spiro atoms. The number of halogens is 1. The van der Waals surface area contributed by atoms with Crippen LogP contribution in [0.15, 0.2) is 84.8 Å². The SMILES string of the molecule is [B]C(Nc1cc(C#N)c2ncc(C#N)c(N[C@H](CC)c3ccccc3)c2c1)(C1=CN(C2CC2)NN1)c1ccccc1Cl. The molecule has 2 aliphatic rings. The summed E-state index contributed by atoms with van der Waals surface area (Å²) in [6.07, 6.45) is 6.44. The van der Waals surface area contributed by atoms with Crippen LogP contribution >= 0.6 is 11.6 Å². The van der Waals surface area contributed by atoms with Gasteiger partial charge in [0.05, 0.1) is 39.5 Å². The van der Waals surface area contributed by atoms with Gasteiger partial charge >= 0.3 is 0 Å². The van der Waals surface area contributed by atoms with Gasteiger partial charge in [-0.25, -0.2) is 0 Å². The maximum absolute atomic E-state index is 10.2. The Labute approximate surface area is 251 Å². The number of nitrogens with zero attached hydrogens (tertiary/aromatic N) is 4. The number of hydrogen-bond acceptors (Lipinski definition) is 8. The van der Waals surface area contributed by atoms with Crippen LogP contribution in [0.25, 0.3) is 10.9 Å². The second-order valence-electron chi connectivity index (χ2n) is 10.5. The maximum atomic E-state index is 10.2. The molecule has 10 heteroatoms. The van der Waals surface area contributed by atoms with Crippen molar-refractivity contribution in [1.29, 1.82) is 10.5 Å². The van der Waals surface area contributed by atoms with Crippen molar-refractivity contribution in [3.63, 3.8) is 0 Å². The molecule has 8 nitrogen and oxygen atoms in total. The van der Waals surface area contributed by atoms with Gasteiger partial charge in [-0.1, -0.05) is 67.1 Å². The number of pyridine rings is 1. The topological polar surface area (TPSA) is 112 Å². The Morgan fingerprint density at radius 1 is 1.10 bits per heavy atom. The predicted octanol–water partition coefficient (Wildman–Crippen LogP) is 5.96. The lowest BCUT2D eigenvalue weighted by molar-refractivity contribution is 0.260. The zero-order valence-corrected chi connectivity index (χ0v) is 23.8. The van der Waals surface area contributed by atoms with Crippen molar-refractivity contribution in [2.75, 3.05) is 10.6 Å². The monoisotopic (exact) mass is 570 g/mol. The largest absolute Gasteiger partial charge is 0.378 e. The summed E-state index contributed by atoms with van der Waals surface area (Å²) in [5.41, 5.74) is 9.93. The first-order valence-electron chi connectivity index (χ1n) is 13.9. The highest BCUT2D eigenvalue weighted by molar-refractivity contribution is 6.33. The number of aromatic nitrogens is 1. The molecule has 1 fully saturated rings. The summed E-state index contributed by atoms with van der Waals surface area (Å²) in [4.78, 5) is 4.51. The van der Waals surface area contributed by atoms with E-state index in [2.05, 4.69) is 57.8 Å². The van der Waals surface area contributed by atoms with Crippen LogP contribution in [0, 0.1) is 22.7 Å². The van der Waals surface area contributed by atoms with Crippen LogP contribution in [-0.2, 0) is 5.44 Å². The summed E-state index contributed by atoms with van der Waals surface area (Å²) in [5.74, 6) is 0. The van der Waals surface area contributed by atoms with E-state index < -0.39 is 5.44 Å². The molecule has 3 aromatic carbocycles. The highest BCUT2D eigenvalue weighted by Crippen LogP contribution is 2.39. The smallest absolute Gasteiger partial charge is 0.119 e. The minimum Gasteiger partial charge on any atom is -0.378 e. The van der Waals surface area contributed by atoms with Crippen molar-refractivity contribution in [2.45, 2.75) is 43.7 Å². The fourth-order valence-electron chi connectivity index (χ4n) is 5.35. The molecular formula is C32H28BClN8. The Balaban J connectivity index is 1.48. The van der Waals surface area contributed by atoms with E-state index >= 15 is 0 Å². The quantitative estimate of drug-likeness (QED) is 0.183. The molecule has 0 amide bonds. The van der Waals surface area contributed by atoms with Crippen LogP contribution in [0.3, 0.4) is 0 Å². The summed E-state index contributed by atoms with van der Waals surface area (Å²) in [5, 5.41) is 30.4. The summed E-state index contributed by atoms with van der Waals surface area (Å²) < 4.78 is 0. The first-order valence-corrected chi connectivity index (χ1v) is 14.3. The van der Waals surface area contributed by atoms with Crippen LogP contribution in [0.2, 0.25) is 5.02 Å². The van der Waals surface area contributed by atoms with Crippen LogP contribution in [-0.4, -0.2) is 23.9 Å². The molecule has 1 aliphatic carbocycles. The summed E-state index contributed by atoms with van der Waals surface area (Å²) in [6, 6.07) is 26.0. The lowest BCUT2D eigenvalue weighted by atomic mass is 9.69. The Kier molecular flexibility index (Phi) is 7.39. The number of rotatable bonds is 9. The van der Waals surface area contributed by atoms with Crippen molar-refractivity contribution < 1.29 is 0 Å². The second-order valence-corrected chi connectivity index (χ2v) is 10.9. The number of nitrogens with one attached hydrogen (secondary N) is 4. The van der Waals surface area contributed by atoms with E-state index in [-0.39, 0.29) is 6.04 Å². The van der Waals surface area contributed by atoms with Crippen molar-refractivity contribution in [2.24, 2.45) is 0 Å². The molecule has 4 N–H and O–H groups in total. The molecule has 6 rings (SSSR count). The molecule has 0 bridgehead atoms. The van der Waals surface area contributed by atoms with Gasteiger partial charge in [-0.2, -0.15) is 10.5 Å². The average Bonchev–Trinajstić information content (AvgIpc) is 3.75. The van der Waals surface area contributed by atoms with Crippen molar-refractivity contribution in [3.05, 3.63) is 112 Å². The van der Waals surface area contributed by atoms with Crippen LogP contribution in [0.5, 0.6) is 0 Å². The van der Waals surface area contributed by atoms with E-state index in [1.165, 1.54) is 6.20 Å². The average molecular weight is 571 g/mol. The second kappa shape index (κ2) is 11.3. The summed E-state index contributed by atoms with van der Waals surface area (Å²) >= 11 is 6.70. The van der Waals surface area contributed by atoms with Gasteiger partial charge in [-0.15, -0.1) is 5.53 Å². The predicted molar refractivity (Wildman–Crippen MR) is 166 cm³/mol. The zero-order valence-electron chi connectivity index (χ0n) is 23.0. The van der Waals surface area contributed by atoms with Gasteiger partial charge in [-0.3, -0.25) is 9.99 Å². The molecule has 1 unspecified atom stereocenters. The van der Waals surface area contributed by atoms with E-state index in [9.17, 15) is 10.5 Å². The first kappa shape index (κ1) is 27.5. The molecule has 1 saturated carbocycles. The molecule has 1 aromatic heterocycles. The Morgan fingerprint density at radius 2 is 1.83 bits per heavy atom. The van der Waals surface area contributed by atoms with Gasteiger partial charge in [-0.05, 0) is 48.6 Å². The van der Waals surface area contributed by atoms with E-state index in [1.807, 2.05) is 53.7 Å². The number of fused-ring (bicyclic) bond motifs is 1. The van der Waals surface area contributed by atoms with E-state index in [1.54, 1.807) is 12.1 Å². The molecule has 42 heavy (non-hydrogen) atoms. The number of nitriles is 2. The molecule has 2 heterocycles. The molecular weight excluding hydrogens is 543 g/mol. The standard InChI is InChI=1S/C32H28BClN8/c1-2-28(20-8-4-3-5-9-20)38-31-22(17-36)18-37-30-21(16-35)14-23(15-25(30)31)39-32(33,26-10-6-7-11-27(26)34)29-19-42(41-40-29)24-12-13-24/h3-11,14-15,18-19,24,28,39-41H,2,12-13H2,1H3,(H,37,38)/t28-,32?/m1/s1. The van der Waals surface area contributed by atoms with Gasteiger partial charge in [0.25, 0.3) is 0 Å². The highest BCUT2D eigenvalue weighted by Gasteiger charge is 2.38. The lowest BCUT2D eigenvalue weighted by Crippen LogP contribution is -2.45. The van der Waals surface area contributed by atoms with Crippen LogP contribution < -0.4 is 21.6 Å². The Bertz CT molecular complexity index is 1760. The maximum Gasteiger partial charge on any atom is 0.119 e. The van der Waals surface area contributed by atoms with Gasteiger partial charge < -0.3 is 16.1 Å². The third-order valence-corrected chi connectivity index (χ3v) is 8.06. The fraction of sp³-hybridized carbons (Fsp3) is 0.219. The lowest BCUT2D eigenvalue weighted by Gasteiger charge is -2.35. The van der Waals surface area contributed by atoms with Crippen LogP contribution in [0.1, 0.15) is 54.5 Å². The minimum absolute atomic E-state index is 0.0601. The molecule has 206 valence electrons. The molecule has 2 atom stereocenters. The Hall–Kier alpha value is -4.70. The number of anilines is 2. The normalized spacial score (nSPS) is 16.5. The highest BCUT2D eigenvalue weighted by atomic mass is 35.5. The fourth-order valence-corrected chi connectivity index (χ4v) is 5.63. The van der Waals surface area contributed by atoms with Crippen molar-refractivity contribution in [3.8, 4) is 12.1 Å². The molecule has 2 radical (unpaired) electrons. The van der Waals surface area contributed by atoms with E-state index in [0.717, 1.165) is 24.8 Å². The van der Waals surface area contributed by atoms with Gasteiger partial charge in [0.15, 0.2) is 0 Å². The van der Waals surface area contributed by atoms with Crippen molar-refractivity contribution in [1.82, 2.24) is 21.0 Å². The van der Waals surface area contributed by atoms with Gasteiger partial charge in [0.1, 0.15) is 20.0 Å². The Morgan fingerprint density at radius 3 is 2.52 bits per heavy atom. The minimum atomic E-state index is -1.29. The van der Waals surface area contributed by atoms with Gasteiger partial charge in [0, 0.05) is 34.5 Å². The zero-order chi connectivity index (χ0) is 29.3. The molecule has 4 aromatic rings. The number of benzene rings is 3. The number of hydrogen-bond donors (Lipinski definition) is 4. The van der Waals surface area contributed by atoms with E-state index in [4.69, 9.17) is 19.4 Å². The first-order chi connectivity index (χ1) is 20.4. The van der Waals surface area contributed by atoms with Gasteiger partial charge in [0.2, 0.25) is 0 Å². The molecule has 0 saturated heterocycles. The number of hydrazine groups is 2.